The molecule has 2 unspecified atom stereocenters. The van der Waals surface area contributed by atoms with Gasteiger partial charge in [0.2, 0.25) is 17.7 Å². The number of rotatable bonds is 11. The van der Waals surface area contributed by atoms with Crippen molar-refractivity contribution in [1.82, 2.24) is 20.5 Å². The molecule has 1 saturated heterocycles. The first-order chi connectivity index (χ1) is 21.9. The van der Waals surface area contributed by atoms with Gasteiger partial charge in [-0.05, 0) is 69.1 Å². The highest BCUT2D eigenvalue weighted by Gasteiger charge is 2.64. The van der Waals surface area contributed by atoms with Crippen molar-refractivity contribution in [3.05, 3.63) is 46.4 Å². The molecule has 4 heterocycles. The summed E-state index contributed by atoms with van der Waals surface area (Å²) in [6.45, 7) is 7.90. The lowest BCUT2D eigenvalue weighted by Gasteiger charge is -2.40. The van der Waals surface area contributed by atoms with Crippen molar-refractivity contribution >= 4 is 40.3 Å². The lowest BCUT2D eigenvalue weighted by molar-refractivity contribution is -0.167. The number of nitrogens with two attached hydrogens (primary N) is 1. The Labute approximate surface area is 267 Å². The highest BCUT2D eigenvalue weighted by atomic mass is 19.1. The molecule has 0 bridgehead atoms. The zero-order valence-corrected chi connectivity index (χ0v) is 26.8. The Balaban J connectivity index is 1.07. The van der Waals surface area contributed by atoms with Gasteiger partial charge >= 0.3 is 5.97 Å². The number of nitrogens with zero attached hydrogens (tertiary/aromatic N) is 2. The number of carbonyl (C=O) groups excluding carboxylic acids is 4. The molecule has 4 atom stereocenters. The van der Waals surface area contributed by atoms with Crippen LogP contribution in [0.3, 0.4) is 0 Å². The molecule has 3 aliphatic heterocycles. The number of nitrogens with one attached hydrogen (secondary N) is 2. The highest BCUT2D eigenvalue weighted by Crippen LogP contribution is 2.60. The number of pyridine rings is 1. The van der Waals surface area contributed by atoms with Crippen LogP contribution >= 0.6 is 0 Å². The summed E-state index contributed by atoms with van der Waals surface area (Å²) in [5.74, 6) is -1.95. The number of halogens is 1. The number of esters is 1. The molecule has 1 saturated carbocycles. The standard InChI is InChI=1S/C34H42FN5O6/c1-17(2)28(36)31(42)38-19(4)30(41)37-16-45-10-6-5-7-21-18(3)25(35)13-26-22(21)11-20-14-40-27(29(20)39-26)12-24-23(32(40)43)15-46-33(44)34(24)8-9-34/h11-13,17,19,23-24,28H,5-10,14-16,36H2,1-4H3,(H,37,41)(H,38,42)/t19-,23?,24?,28-/m0/s1. The first kappa shape index (κ1) is 32.1. The Bertz CT molecular complexity index is 1640. The monoisotopic (exact) mass is 635 g/mol. The Kier molecular flexibility index (Phi) is 8.62. The Hall–Kier alpha value is -3.90. The van der Waals surface area contributed by atoms with E-state index in [-0.39, 0.29) is 60.6 Å². The van der Waals surface area contributed by atoms with Crippen LogP contribution in [0.1, 0.15) is 68.8 Å². The van der Waals surface area contributed by atoms with Gasteiger partial charge in [-0.1, -0.05) is 19.9 Å². The molecule has 1 aliphatic carbocycles. The molecular weight excluding hydrogens is 593 g/mol. The molecule has 1 aromatic carbocycles. The van der Waals surface area contributed by atoms with E-state index in [2.05, 4.69) is 10.6 Å². The van der Waals surface area contributed by atoms with E-state index in [0.29, 0.717) is 48.5 Å². The zero-order chi connectivity index (χ0) is 32.9. The molecule has 2 fully saturated rings. The van der Waals surface area contributed by atoms with Gasteiger partial charge in [0, 0.05) is 29.5 Å². The largest absolute Gasteiger partial charge is 0.464 e. The molecule has 6 rings (SSSR count). The average molecular weight is 636 g/mol. The van der Waals surface area contributed by atoms with E-state index >= 15 is 4.39 Å². The van der Waals surface area contributed by atoms with Crippen LogP contribution in [0.2, 0.25) is 0 Å². The number of aryl methyl sites for hydroxylation is 1. The number of cyclic esters (lactones) is 1. The lowest BCUT2D eigenvalue weighted by atomic mass is 9.74. The van der Waals surface area contributed by atoms with E-state index in [1.807, 2.05) is 26.0 Å². The minimum Gasteiger partial charge on any atom is -0.464 e. The summed E-state index contributed by atoms with van der Waals surface area (Å²) >= 11 is 0. The van der Waals surface area contributed by atoms with Gasteiger partial charge in [0.1, 0.15) is 25.2 Å². The van der Waals surface area contributed by atoms with Crippen molar-refractivity contribution in [1.29, 1.82) is 0 Å². The molecule has 246 valence electrons. The number of hydrogen-bond acceptors (Lipinski definition) is 8. The second-order valence-electron chi connectivity index (χ2n) is 13.4. The summed E-state index contributed by atoms with van der Waals surface area (Å²) in [7, 11) is 0. The second-order valence-corrected chi connectivity index (χ2v) is 13.4. The van der Waals surface area contributed by atoms with Gasteiger partial charge in [0.15, 0.2) is 0 Å². The van der Waals surface area contributed by atoms with Gasteiger partial charge in [0.25, 0.3) is 0 Å². The van der Waals surface area contributed by atoms with E-state index in [9.17, 15) is 19.2 Å². The van der Waals surface area contributed by atoms with Crippen LogP contribution in [0.4, 0.5) is 4.39 Å². The molecule has 2 aromatic rings. The predicted molar refractivity (Wildman–Crippen MR) is 167 cm³/mol. The van der Waals surface area contributed by atoms with E-state index in [1.54, 1.807) is 18.7 Å². The number of unbranched alkanes of at least 4 members (excludes halogenated alkanes) is 1. The van der Waals surface area contributed by atoms with Gasteiger partial charge in [-0.2, -0.15) is 0 Å². The zero-order valence-electron chi connectivity index (χ0n) is 26.8. The molecule has 1 aromatic heterocycles. The number of benzene rings is 1. The third-order valence-corrected chi connectivity index (χ3v) is 10.1. The van der Waals surface area contributed by atoms with Crippen LogP contribution in [0, 0.1) is 35.9 Å². The molecule has 46 heavy (non-hydrogen) atoms. The van der Waals surface area contributed by atoms with Gasteiger partial charge in [0.05, 0.1) is 40.8 Å². The summed E-state index contributed by atoms with van der Waals surface area (Å²) in [5.41, 5.74) is 9.51. The fourth-order valence-corrected chi connectivity index (χ4v) is 6.92. The predicted octanol–water partition coefficient (Wildman–Crippen LogP) is 2.85. The van der Waals surface area contributed by atoms with Crippen LogP contribution in [-0.2, 0) is 41.6 Å². The Morgan fingerprint density at radius 3 is 2.67 bits per heavy atom. The number of aromatic nitrogens is 1. The number of ether oxygens (including phenoxy) is 2. The molecular formula is C34H42FN5O6. The third-order valence-electron chi connectivity index (χ3n) is 10.1. The molecule has 11 nitrogen and oxygen atoms in total. The van der Waals surface area contributed by atoms with Gasteiger partial charge in [-0.3, -0.25) is 19.2 Å². The molecule has 0 radical (unpaired) electrons. The van der Waals surface area contributed by atoms with Crippen LogP contribution in [0.25, 0.3) is 16.6 Å². The summed E-state index contributed by atoms with van der Waals surface area (Å²) in [6.07, 6.45) is 5.50. The number of amides is 3. The van der Waals surface area contributed by atoms with Crippen molar-refractivity contribution in [3.63, 3.8) is 0 Å². The first-order valence-electron chi connectivity index (χ1n) is 16.2. The number of hydrogen-bond donors (Lipinski definition) is 3. The Morgan fingerprint density at radius 2 is 1.96 bits per heavy atom. The van der Waals surface area contributed by atoms with Gasteiger partial charge in [-0.25, -0.2) is 9.37 Å². The van der Waals surface area contributed by atoms with Gasteiger partial charge < -0.3 is 30.7 Å². The van der Waals surface area contributed by atoms with Crippen LogP contribution in [-0.4, -0.2) is 65.6 Å². The topological polar surface area (TPSA) is 153 Å². The number of carbonyl (C=O) groups is 4. The minimum absolute atomic E-state index is 0.00144. The maximum atomic E-state index is 15.1. The van der Waals surface area contributed by atoms with Crippen LogP contribution in [0.15, 0.2) is 18.2 Å². The first-order valence-corrected chi connectivity index (χ1v) is 16.2. The van der Waals surface area contributed by atoms with E-state index < -0.39 is 17.5 Å². The molecule has 3 amide bonds. The fourth-order valence-electron chi connectivity index (χ4n) is 6.92. The molecule has 4 N–H and O–H groups in total. The molecule has 1 spiro atoms. The fraction of sp³-hybridized carbons (Fsp3) is 0.559. The average Bonchev–Trinajstić information content (AvgIpc) is 3.74. The molecule has 12 heteroatoms. The van der Waals surface area contributed by atoms with Crippen molar-refractivity contribution in [2.75, 3.05) is 19.9 Å². The second kappa shape index (κ2) is 12.4. The van der Waals surface area contributed by atoms with Crippen molar-refractivity contribution in [3.8, 4) is 0 Å². The summed E-state index contributed by atoms with van der Waals surface area (Å²) in [5, 5.41) is 6.12. The van der Waals surface area contributed by atoms with E-state index in [1.165, 1.54) is 6.07 Å². The van der Waals surface area contributed by atoms with Crippen LogP contribution in [0.5, 0.6) is 0 Å². The quantitative estimate of drug-likeness (QED) is 0.194. The normalized spacial score (nSPS) is 22.2. The number of fused-ring (bicyclic) bond motifs is 6. The Morgan fingerprint density at radius 1 is 1.20 bits per heavy atom. The smallest absolute Gasteiger partial charge is 0.312 e. The summed E-state index contributed by atoms with van der Waals surface area (Å²) < 4.78 is 26.1. The van der Waals surface area contributed by atoms with Gasteiger partial charge in [-0.15, -0.1) is 0 Å². The van der Waals surface area contributed by atoms with Crippen LogP contribution < -0.4 is 16.4 Å². The maximum Gasteiger partial charge on any atom is 0.312 e. The molecule has 4 aliphatic rings. The SMILES string of the molecule is Cc1c(F)cc2nc3c(cc2c1CCCCOCNC(=O)[C@H](C)NC(=O)[C@@H](N)C(C)C)CN1C(=O)C2COC(=O)C4(CC4)C2C=C31. The van der Waals surface area contributed by atoms with Crippen molar-refractivity contribution in [2.45, 2.75) is 78.4 Å². The lowest BCUT2D eigenvalue weighted by Crippen LogP contribution is -2.51. The number of allylic oxidation sites excluding steroid dienone is 1. The maximum absolute atomic E-state index is 15.1. The summed E-state index contributed by atoms with van der Waals surface area (Å²) in [6, 6.07) is 2.06. The summed E-state index contributed by atoms with van der Waals surface area (Å²) in [4.78, 5) is 57.1. The van der Waals surface area contributed by atoms with E-state index in [0.717, 1.165) is 35.8 Å². The van der Waals surface area contributed by atoms with Crippen molar-refractivity contribution < 1.29 is 33.0 Å². The third kappa shape index (κ3) is 5.66. The minimum atomic E-state index is -0.743. The van der Waals surface area contributed by atoms with E-state index in [4.69, 9.17) is 20.2 Å². The highest BCUT2D eigenvalue weighted by molar-refractivity contribution is 5.97. The van der Waals surface area contributed by atoms with Crippen molar-refractivity contribution in [2.24, 2.45) is 28.9 Å².